The van der Waals surface area contributed by atoms with E-state index >= 15 is 0 Å². The zero-order valence-electron chi connectivity index (χ0n) is 15.1. The number of halogens is 2. The van der Waals surface area contributed by atoms with Crippen LogP contribution in [-0.2, 0) is 14.3 Å². The van der Waals surface area contributed by atoms with Crippen molar-refractivity contribution in [1.82, 2.24) is 0 Å². The minimum atomic E-state index is -1.45. The molecule has 6 nitrogen and oxygen atoms in total. The van der Waals surface area contributed by atoms with E-state index in [9.17, 15) is 23.2 Å². The number of hydrogen-bond acceptors (Lipinski definition) is 4. The second-order valence-electron chi connectivity index (χ2n) is 6.35. The third-order valence-corrected chi connectivity index (χ3v) is 4.49. The molecule has 0 aliphatic heterocycles. The highest BCUT2D eigenvalue weighted by molar-refractivity contribution is 6.17. The third kappa shape index (κ3) is 3.71. The molecular weight excluding hydrogens is 370 g/mol. The minimum Gasteiger partial charge on any atom is -0.462 e. The summed E-state index contributed by atoms with van der Waals surface area (Å²) < 4.78 is 32.5. The van der Waals surface area contributed by atoms with E-state index in [1.807, 2.05) is 0 Å². The number of rotatable bonds is 6. The summed E-state index contributed by atoms with van der Waals surface area (Å²) in [4.78, 5) is 37.3. The van der Waals surface area contributed by atoms with Crippen LogP contribution in [0.3, 0.4) is 0 Å². The molecule has 0 radical (unpaired) electrons. The molecule has 0 saturated heterocycles. The fourth-order valence-electron chi connectivity index (χ4n) is 2.75. The maximum Gasteiger partial charge on any atom is 0.340 e. The van der Waals surface area contributed by atoms with Crippen molar-refractivity contribution < 1.29 is 27.9 Å². The molecular formula is C20H18F2N2O4. The molecule has 1 saturated carbocycles. The first-order chi connectivity index (χ1) is 13.4. The average Bonchev–Trinajstić information content (AvgIpc) is 3.47. The number of ether oxygens (including phenoxy) is 1. The fraction of sp³-hybridized carbons (Fsp3) is 0.250. The Morgan fingerprint density at radius 1 is 0.964 bits per heavy atom. The van der Waals surface area contributed by atoms with E-state index in [-0.39, 0.29) is 30.7 Å². The van der Waals surface area contributed by atoms with Crippen molar-refractivity contribution in [3.05, 3.63) is 59.7 Å². The van der Waals surface area contributed by atoms with Crippen LogP contribution >= 0.6 is 0 Å². The highest BCUT2D eigenvalue weighted by atomic mass is 19.1. The van der Waals surface area contributed by atoms with Gasteiger partial charge in [-0.15, -0.1) is 0 Å². The average molecular weight is 388 g/mol. The van der Waals surface area contributed by atoms with Gasteiger partial charge in [-0.25, -0.2) is 13.6 Å². The van der Waals surface area contributed by atoms with Crippen LogP contribution in [0.5, 0.6) is 0 Å². The maximum atomic E-state index is 13.8. The summed E-state index contributed by atoms with van der Waals surface area (Å²) in [6.45, 7) is 1.83. The van der Waals surface area contributed by atoms with Gasteiger partial charge in [0.25, 0.3) is 0 Å². The molecule has 8 heteroatoms. The number of benzene rings is 2. The van der Waals surface area contributed by atoms with Crippen LogP contribution < -0.4 is 10.6 Å². The van der Waals surface area contributed by atoms with Crippen molar-refractivity contribution in [3.8, 4) is 0 Å². The number of esters is 1. The van der Waals surface area contributed by atoms with Crippen LogP contribution in [-0.4, -0.2) is 24.4 Å². The first kappa shape index (κ1) is 19.5. The fourth-order valence-corrected chi connectivity index (χ4v) is 2.75. The van der Waals surface area contributed by atoms with Gasteiger partial charge in [0.2, 0.25) is 11.8 Å². The van der Waals surface area contributed by atoms with Gasteiger partial charge in [-0.1, -0.05) is 18.2 Å². The Morgan fingerprint density at radius 2 is 1.57 bits per heavy atom. The van der Waals surface area contributed by atoms with Crippen LogP contribution in [0.4, 0.5) is 20.2 Å². The lowest BCUT2D eigenvalue weighted by atomic mass is 10.0. The molecule has 2 amide bonds. The highest BCUT2D eigenvalue weighted by Crippen LogP contribution is 2.47. The quantitative estimate of drug-likeness (QED) is 0.586. The number of hydrogen-bond donors (Lipinski definition) is 2. The Balaban J connectivity index is 1.78. The molecule has 0 spiro atoms. The van der Waals surface area contributed by atoms with Crippen molar-refractivity contribution in [2.75, 3.05) is 17.2 Å². The standard InChI is InChI=1S/C20H18F2N2O4/c1-2-28-17(25)12-6-3-4-9-15(12)23-18(26)20(10-11-20)19(27)24-16-13(21)7-5-8-14(16)22/h3-9H,2,10-11H2,1H3,(H,23,26)(H,24,27). The summed E-state index contributed by atoms with van der Waals surface area (Å²) in [5, 5.41) is 4.72. The van der Waals surface area contributed by atoms with Gasteiger partial charge in [-0.2, -0.15) is 0 Å². The van der Waals surface area contributed by atoms with E-state index in [2.05, 4.69) is 10.6 Å². The number of carbonyl (C=O) groups excluding carboxylic acids is 3. The van der Waals surface area contributed by atoms with Crippen LogP contribution in [0.2, 0.25) is 0 Å². The molecule has 0 aromatic heterocycles. The van der Waals surface area contributed by atoms with Crippen LogP contribution in [0.25, 0.3) is 0 Å². The Bertz CT molecular complexity index is 921. The molecule has 1 aliphatic carbocycles. The largest absolute Gasteiger partial charge is 0.462 e. The van der Waals surface area contributed by atoms with E-state index < -0.39 is 40.5 Å². The first-order valence-electron chi connectivity index (χ1n) is 8.72. The Morgan fingerprint density at radius 3 is 2.18 bits per heavy atom. The molecule has 0 unspecified atom stereocenters. The van der Waals surface area contributed by atoms with E-state index in [1.165, 1.54) is 18.2 Å². The molecule has 0 bridgehead atoms. The number of carbonyl (C=O) groups is 3. The van der Waals surface area contributed by atoms with Crippen molar-refractivity contribution in [3.63, 3.8) is 0 Å². The third-order valence-electron chi connectivity index (χ3n) is 4.49. The highest BCUT2D eigenvalue weighted by Gasteiger charge is 2.57. The summed E-state index contributed by atoms with van der Waals surface area (Å²) in [6.07, 6.45) is 0.449. The zero-order valence-corrected chi connectivity index (χ0v) is 15.1. The van der Waals surface area contributed by atoms with Gasteiger partial charge in [-0.05, 0) is 44.0 Å². The Kier molecular flexibility index (Phi) is 5.39. The van der Waals surface area contributed by atoms with Gasteiger partial charge in [0, 0.05) is 0 Å². The van der Waals surface area contributed by atoms with E-state index in [4.69, 9.17) is 4.74 Å². The maximum absolute atomic E-state index is 13.8. The number of amides is 2. The topological polar surface area (TPSA) is 84.5 Å². The molecule has 1 fully saturated rings. The molecule has 1 aliphatic rings. The van der Waals surface area contributed by atoms with Gasteiger partial charge < -0.3 is 15.4 Å². The summed E-state index contributed by atoms with van der Waals surface area (Å²) in [5.74, 6) is -3.93. The molecule has 146 valence electrons. The van der Waals surface area contributed by atoms with Gasteiger partial charge in [0.15, 0.2) is 0 Å². The van der Waals surface area contributed by atoms with E-state index in [0.717, 1.165) is 12.1 Å². The Hall–Kier alpha value is -3.29. The zero-order chi connectivity index (χ0) is 20.3. The van der Waals surface area contributed by atoms with Crippen molar-refractivity contribution in [2.24, 2.45) is 5.41 Å². The minimum absolute atomic E-state index is 0.147. The first-order valence-corrected chi connectivity index (χ1v) is 8.72. The van der Waals surface area contributed by atoms with Crippen molar-refractivity contribution >= 4 is 29.2 Å². The van der Waals surface area contributed by atoms with Crippen LogP contribution in [0.1, 0.15) is 30.1 Å². The van der Waals surface area contributed by atoms with Crippen LogP contribution in [0.15, 0.2) is 42.5 Å². The molecule has 3 rings (SSSR count). The molecule has 28 heavy (non-hydrogen) atoms. The van der Waals surface area contributed by atoms with Gasteiger partial charge >= 0.3 is 5.97 Å². The van der Waals surface area contributed by atoms with Crippen molar-refractivity contribution in [1.29, 1.82) is 0 Å². The smallest absolute Gasteiger partial charge is 0.340 e. The van der Waals surface area contributed by atoms with Gasteiger partial charge in [-0.3, -0.25) is 9.59 Å². The summed E-state index contributed by atoms with van der Waals surface area (Å²) in [5.41, 5.74) is -1.70. The van der Waals surface area contributed by atoms with Crippen molar-refractivity contribution in [2.45, 2.75) is 19.8 Å². The summed E-state index contributed by atoms with van der Waals surface area (Å²) in [6, 6.07) is 9.42. The Labute approximate surface area is 159 Å². The predicted molar refractivity (Wildman–Crippen MR) is 97.7 cm³/mol. The molecule has 2 aromatic rings. The van der Waals surface area contributed by atoms with Gasteiger partial charge in [0.05, 0.1) is 17.9 Å². The number of nitrogens with one attached hydrogen (secondary N) is 2. The van der Waals surface area contributed by atoms with Crippen LogP contribution in [0, 0.1) is 17.0 Å². The molecule has 2 aromatic carbocycles. The molecule has 2 N–H and O–H groups in total. The lowest BCUT2D eigenvalue weighted by molar-refractivity contribution is -0.131. The van der Waals surface area contributed by atoms with Gasteiger partial charge in [0.1, 0.15) is 22.7 Å². The second-order valence-corrected chi connectivity index (χ2v) is 6.35. The predicted octanol–water partition coefficient (Wildman–Crippen LogP) is 3.50. The normalized spacial score (nSPS) is 14.1. The molecule has 0 heterocycles. The molecule has 0 atom stereocenters. The van der Waals surface area contributed by atoms with E-state index in [1.54, 1.807) is 19.1 Å². The second kappa shape index (κ2) is 7.75. The SMILES string of the molecule is CCOC(=O)c1ccccc1NC(=O)C1(C(=O)Nc2c(F)cccc2F)CC1. The number of para-hydroxylation sites is 2. The number of anilines is 2. The lowest BCUT2D eigenvalue weighted by Gasteiger charge is -2.17. The lowest BCUT2D eigenvalue weighted by Crippen LogP contribution is -2.36. The van der Waals surface area contributed by atoms with E-state index in [0.29, 0.717) is 0 Å². The monoisotopic (exact) mass is 388 g/mol. The summed E-state index contributed by atoms with van der Waals surface area (Å²) >= 11 is 0. The summed E-state index contributed by atoms with van der Waals surface area (Å²) in [7, 11) is 0.